The molecule has 1 aromatic heterocycles. The minimum Gasteiger partial charge on any atom is -0.353 e. The van der Waals surface area contributed by atoms with Gasteiger partial charge in [-0.05, 0) is 41.1 Å². The van der Waals surface area contributed by atoms with Crippen LogP contribution >= 0.6 is 18.9 Å². The van der Waals surface area contributed by atoms with Crippen LogP contribution in [0.5, 0.6) is 0 Å². The van der Waals surface area contributed by atoms with Crippen molar-refractivity contribution in [3.05, 3.63) is 124 Å². The molecule has 4 aromatic rings. The molecular weight excluding hydrogens is 449 g/mol. The molecule has 6 heteroatoms. The molecule has 0 N–H and O–H groups in total. The number of fused-ring (bicyclic) bond motifs is 1. The first-order chi connectivity index (χ1) is 16.2. The minimum atomic E-state index is -3.61. The largest absolute Gasteiger partial charge is 0.358 e. The van der Waals surface area contributed by atoms with Crippen LogP contribution in [-0.2, 0) is 33.2 Å². The lowest BCUT2D eigenvalue weighted by atomic mass is 10.1. The number of benzene rings is 3. The van der Waals surface area contributed by atoms with Crippen LogP contribution < -0.4 is 4.90 Å². The maximum Gasteiger partial charge on any atom is 0.358 e. The first kappa shape index (κ1) is 22.1. The summed E-state index contributed by atoms with van der Waals surface area (Å²) in [5, 5.41) is 2.07. The molecule has 5 rings (SSSR count). The number of nitrogens with zero attached hydrogens (tertiary/aromatic N) is 1. The predicted molar refractivity (Wildman–Crippen MR) is 135 cm³/mol. The topological polar surface area (TPSA) is 38.8 Å². The first-order valence-corrected chi connectivity index (χ1v) is 13.6. The maximum absolute atomic E-state index is 14.7. The molecule has 0 amide bonds. The van der Waals surface area contributed by atoms with Crippen LogP contribution in [0.3, 0.4) is 0 Å². The number of hydrogen-bond donors (Lipinski definition) is 0. The highest BCUT2D eigenvalue weighted by molar-refractivity contribution is 7.54. The van der Waals surface area contributed by atoms with E-state index in [0.29, 0.717) is 0 Å². The third-order valence-electron chi connectivity index (χ3n) is 5.83. The van der Waals surface area contributed by atoms with Gasteiger partial charge in [0.25, 0.3) is 0 Å². The molecule has 33 heavy (non-hydrogen) atoms. The van der Waals surface area contributed by atoms with Gasteiger partial charge in [-0.3, -0.25) is 4.57 Å². The second-order valence-corrected chi connectivity index (χ2v) is 11.1. The average Bonchev–Trinajstić information content (AvgIpc) is 3.36. The van der Waals surface area contributed by atoms with Crippen LogP contribution in [0.25, 0.3) is 0 Å². The average molecular weight is 476 g/mol. The molecule has 1 aliphatic rings. The monoisotopic (exact) mass is 475 g/mol. The molecule has 3 aromatic carbocycles. The van der Waals surface area contributed by atoms with Gasteiger partial charge in [-0.25, -0.2) is 0 Å². The van der Waals surface area contributed by atoms with Gasteiger partial charge in [0.2, 0.25) is 0 Å². The fraction of sp³-hybridized carbons (Fsp3) is 0.185. The Labute approximate surface area is 199 Å². The second-order valence-electron chi connectivity index (χ2n) is 8.01. The highest BCUT2D eigenvalue weighted by Gasteiger charge is 2.45. The van der Waals surface area contributed by atoms with Crippen molar-refractivity contribution in [3.8, 4) is 0 Å². The van der Waals surface area contributed by atoms with Gasteiger partial charge in [-0.2, -0.15) is 0 Å². The molecule has 1 atom stereocenters. The third-order valence-corrected chi connectivity index (χ3v) is 8.96. The first-order valence-electron chi connectivity index (χ1n) is 11.1. The zero-order valence-corrected chi connectivity index (χ0v) is 20.0. The maximum atomic E-state index is 14.7. The SMILES string of the molecule is O=P(OCc1ccccc1)(OCc1ccccc1)[C@H]1c2ccsc2CCN1c1ccccc1. The number of hydrogen-bond acceptors (Lipinski definition) is 5. The molecule has 0 fully saturated rings. The van der Waals surface area contributed by atoms with Crippen LogP contribution in [-0.4, -0.2) is 6.54 Å². The summed E-state index contributed by atoms with van der Waals surface area (Å²) >= 11 is 1.71. The Balaban J connectivity index is 1.52. The highest BCUT2D eigenvalue weighted by Crippen LogP contribution is 2.65. The van der Waals surface area contributed by atoms with Crippen LogP contribution in [0.4, 0.5) is 5.69 Å². The fourth-order valence-electron chi connectivity index (χ4n) is 4.18. The van der Waals surface area contributed by atoms with Crippen molar-refractivity contribution in [2.24, 2.45) is 0 Å². The van der Waals surface area contributed by atoms with Gasteiger partial charge < -0.3 is 13.9 Å². The molecule has 0 saturated heterocycles. The third kappa shape index (κ3) is 4.97. The summed E-state index contributed by atoms with van der Waals surface area (Å²) in [5.74, 6) is -0.498. The van der Waals surface area contributed by atoms with Crippen molar-refractivity contribution in [1.29, 1.82) is 0 Å². The Kier molecular flexibility index (Phi) is 6.75. The van der Waals surface area contributed by atoms with Crippen LogP contribution in [0.15, 0.2) is 102 Å². The van der Waals surface area contributed by atoms with Gasteiger partial charge >= 0.3 is 7.60 Å². The van der Waals surface area contributed by atoms with Gasteiger partial charge in [-0.1, -0.05) is 78.9 Å². The van der Waals surface area contributed by atoms with E-state index in [9.17, 15) is 4.57 Å². The lowest BCUT2D eigenvalue weighted by Gasteiger charge is -2.40. The van der Waals surface area contributed by atoms with Crippen molar-refractivity contribution in [3.63, 3.8) is 0 Å². The summed E-state index contributed by atoms with van der Waals surface area (Å²) < 4.78 is 27.2. The van der Waals surface area contributed by atoms with Crippen molar-refractivity contribution in [2.45, 2.75) is 25.4 Å². The summed E-state index contributed by atoms with van der Waals surface area (Å²) in [4.78, 5) is 3.44. The zero-order chi connectivity index (χ0) is 22.5. The van der Waals surface area contributed by atoms with Gasteiger partial charge in [-0.15, -0.1) is 11.3 Å². The molecule has 0 bridgehead atoms. The van der Waals surface area contributed by atoms with Crippen LogP contribution in [0.2, 0.25) is 0 Å². The Morgan fingerprint density at radius 1 is 0.788 bits per heavy atom. The van der Waals surface area contributed by atoms with E-state index in [1.165, 1.54) is 4.88 Å². The van der Waals surface area contributed by atoms with E-state index in [0.717, 1.165) is 35.3 Å². The fourth-order valence-corrected chi connectivity index (χ4v) is 7.36. The van der Waals surface area contributed by atoms with Crippen molar-refractivity contribution < 1.29 is 13.6 Å². The number of para-hydroxylation sites is 1. The molecular formula is C27H26NO3PS. The normalized spacial score (nSPS) is 15.9. The molecule has 0 aliphatic carbocycles. The summed E-state index contributed by atoms with van der Waals surface area (Å²) in [7, 11) is -3.61. The quantitative estimate of drug-likeness (QED) is 0.248. The van der Waals surface area contributed by atoms with E-state index in [-0.39, 0.29) is 13.2 Å². The van der Waals surface area contributed by atoms with E-state index in [2.05, 4.69) is 28.5 Å². The Morgan fingerprint density at radius 3 is 1.91 bits per heavy atom. The minimum absolute atomic E-state index is 0.228. The molecule has 1 aliphatic heterocycles. The van der Waals surface area contributed by atoms with E-state index in [4.69, 9.17) is 9.05 Å². The molecule has 2 heterocycles. The molecule has 4 nitrogen and oxygen atoms in total. The molecule has 0 saturated carbocycles. The Hall–Kier alpha value is -2.69. The standard InChI is InChI=1S/C27H26NO3PS/c29-32(30-20-22-10-4-1-5-11-22,31-21-23-12-6-2-7-13-23)27-25-17-19-33-26(25)16-18-28(27)24-14-8-3-9-15-24/h1-15,17,19,27H,16,18,20-21H2/t27-/m0/s1. The smallest absolute Gasteiger partial charge is 0.353 e. The number of rotatable bonds is 8. The van der Waals surface area contributed by atoms with Crippen molar-refractivity contribution >= 4 is 24.6 Å². The van der Waals surface area contributed by atoms with E-state index >= 15 is 0 Å². The lowest BCUT2D eigenvalue weighted by Crippen LogP contribution is -2.35. The highest BCUT2D eigenvalue weighted by atomic mass is 32.1. The van der Waals surface area contributed by atoms with E-state index < -0.39 is 13.4 Å². The van der Waals surface area contributed by atoms with Crippen LogP contribution in [0.1, 0.15) is 27.4 Å². The van der Waals surface area contributed by atoms with Crippen molar-refractivity contribution in [1.82, 2.24) is 0 Å². The molecule has 0 unspecified atom stereocenters. The summed E-state index contributed by atoms with van der Waals surface area (Å²) in [6, 6.07) is 31.9. The summed E-state index contributed by atoms with van der Waals surface area (Å²) in [6.07, 6.45) is 0.912. The van der Waals surface area contributed by atoms with Gasteiger partial charge in [0, 0.05) is 22.7 Å². The molecule has 0 radical (unpaired) electrons. The van der Waals surface area contributed by atoms with Crippen LogP contribution in [0, 0.1) is 0 Å². The summed E-state index contributed by atoms with van der Waals surface area (Å²) in [6.45, 7) is 1.21. The Morgan fingerprint density at radius 2 is 1.33 bits per heavy atom. The second kappa shape index (κ2) is 10.1. The number of anilines is 1. The Bertz CT molecular complexity index is 1170. The molecule has 168 valence electrons. The summed E-state index contributed by atoms with van der Waals surface area (Å²) in [5.41, 5.74) is 3.99. The van der Waals surface area contributed by atoms with Gasteiger partial charge in [0.05, 0.1) is 13.2 Å². The van der Waals surface area contributed by atoms with E-state index in [1.807, 2.05) is 78.9 Å². The van der Waals surface area contributed by atoms with E-state index in [1.54, 1.807) is 11.3 Å². The van der Waals surface area contributed by atoms with Gasteiger partial charge in [0.15, 0.2) is 5.78 Å². The van der Waals surface area contributed by atoms with Gasteiger partial charge in [0.1, 0.15) is 0 Å². The predicted octanol–water partition coefficient (Wildman–Crippen LogP) is 7.44. The lowest BCUT2D eigenvalue weighted by molar-refractivity contribution is 0.182. The zero-order valence-electron chi connectivity index (χ0n) is 18.2. The van der Waals surface area contributed by atoms with Crippen molar-refractivity contribution in [2.75, 3.05) is 11.4 Å². The molecule has 0 spiro atoms. The number of thiophene rings is 1.